The maximum atomic E-state index is 13.2. The van der Waals surface area contributed by atoms with Gasteiger partial charge in [-0.2, -0.15) is 0 Å². The zero-order valence-electron chi connectivity index (χ0n) is 19.1. The van der Waals surface area contributed by atoms with E-state index in [4.69, 9.17) is 9.47 Å². The molecule has 0 unspecified atom stereocenters. The van der Waals surface area contributed by atoms with Crippen LogP contribution in [0.25, 0.3) is 6.08 Å². The van der Waals surface area contributed by atoms with Crippen LogP contribution in [-0.2, 0) is 14.3 Å². The highest BCUT2D eigenvalue weighted by Gasteiger charge is 2.35. The van der Waals surface area contributed by atoms with Gasteiger partial charge in [0, 0.05) is 24.3 Å². The average molecular weight is 465 g/mol. The molecule has 2 heterocycles. The van der Waals surface area contributed by atoms with Gasteiger partial charge >= 0.3 is 11.9 Å². The van der Waals surface area contributed by atoms with Crippen LogP contribution >= 0.6 is 0 Å². The number of ketones is 1. The third kappa shape index (κ3) is 5.14. The van der Waals surface area contributed by atoms with E-state index >= 15 is 0 Å². The molecule has 2 aromatic carbocycles. The lowest BCUT2D eigenvalue weighted by atomic mass is 9.83. The molecule has 2 aromatic rings. The van der Waals surface area contributed by atoms with Crippen molar-refractivity contribution in [3.8, 4) is 17.2 Å². The second-order valence-corrected chi connectivity index (χ2v) is 8.86. The van der Waals surface area contributed by atoms with Crippen molar-refractivity contribution in [1.82, 2.24) is 0 Å². The standard InChI is InChI=1S/C27H28O7/c1-16-6-5-9-19(28)8-4-2-3-7-18-14-22-25(26(31)24(18)27(32)33-16)21(15-23(30)34-22)17-10-12-20(29)13-11-17/h3,7,10-14,16,21,29,31H,2,4-6,8-9,15H2,1H3/b7-3+/t16-,21-/m1/s1. The van der Waals surface area contributed by atoms with E-state index in [1.165, 1.54) is 12.1 Å². The maximum Gasteiger partial charge on any atom is 0.342 e. The molecule has 0 amide bonds. The summed E-state index contributed by atoms with van der Waals surface area (Å²) < 4.78 is 11.1. The van der Waals surface area contributed by atoms with Crippen molar-refractivity contribution in [3.05, 3.63) is 58.7 Å². The first kappa shape index (κ1) is 23.5. The zero-order chi connectivity index (χ0) is 24.2. The Morgan fingerprint density at radius 1 is 1.00 bits per heavy atom. The number of carbonyl (C=O) groups is 3. The van der Waals surface area contributed by atoms with Crippen molar-refractivity contribution in [2.24, 2.45) is 0 Å². The van der Waals surface area contributed by atoms with Crippen LogP contribution < -0.4 is 4.74 Å². The summed E-state index contributed by atoms with van der Waals surface area (Å²) in [6.45, 7) is 1.76. The number of ether oxygens (including phenoxy) is 2. The van der Waals surface area contributed by atoms with Crippen LogP contribution in [0.15, 0.2) is 36.4 Å². The summed E-state index contributed by atoms with van der Waals surface area (Å²) in [5.41, 5.74) is 1.45. The molecule has 0 radical (unpaired) electrons. The van der Waals surface area contributed by atoms with Gasteiger partial charge < -0.3 is 19.7 Å². The number of cyclic esters (lactones) is 1. The van der Waals surface area contributed by atoms with Gasteiger partial charge in [0.15, 0.2) is 0 Å². The summed E-state index contributed by atoms with van der Waals surface area (Å²) in [7, 11) is 0. The van der Waals surface area contributed by atoms with Gasteiger partial charge in [-0.05, 0) is 61.9 Å². The van der Waals surface area contributed by atoms with E-state index in [2.05, 4.69) is 0 Å². The quantitative estimate of drug-likeness (QED) is 0.450. The molecule has 4 rings (SSSR count). The number of hydrogen-bond donors (Lipinski definition) is 2. The Bertz CT molecular complexity index is 1130. The number of carbonyl (C=O) groups excluding carboxylic acids is 3. The Morgan fingerprint density at radius 2 is 1.74 bits per heavy atom. The number of fused-ring (bicyclic) bond motifs is 2. The molecule has 0 saturated carbocycles. The summed E-state index contributed by atoms with van der Waals surface area (Å²) >= 11 is 0. The Hall–Kier alpha value is -3.61. The average Bonchev–Trinajstić information content (AvgIpc) is 2.78. The van der Waals surface area contributed by atoms with Gasteiger partial charge in [0.25, 0.3) is 0 Å². The van der Waals surface area contributed by atoms with E-state index in [0.717, 1.165) is 0 Å². The summed E-state index contributed by atoms with van der Waals surface area (Å²) in [6.07, 6.45) is 6.53. The van der Waals surface area contributed by atoms with Crippen molar-refractivity contribution in [3.63, 3.8) is 0 Å². The largest absolute Gasteiger partial charge is 0.508 e. The van der Waals surface area contributed by atoms with Gasteiger partial charge in [-0.25, -0.2) is 4.79 Å². The van der Waals surface area contributed by atoms with Crippen LogP contribution in [0.4, 0.5) is 0 Å². The first-order valence-electron chi connectivity index (χ1n) is 11.6. The molecule has 34 heavy (non-hydrogen) atoms. The second kappa shape index (κ2) is 10.1. The predicted molar refractivity (Wildman–Crippen MR) is 125 cm³/mol. The Kier molecular flexibility index (Phi) is 7.01. The van der Waals surface area contributed by atoms with Gasteiger partial charge in [0.2, 0.25) is 0 Å². The lowest BCUT2D eigenvalue weighted by Gasteiger charge is -2.27. The molecule has 2 aliphatic heterocycles. The number of allylic oxidation sites excluding steroid dienone is 1. The van der Waals surface area contributed by atoms with Crippen LogP contribution in [-0.4, -0.2) is 34.0 Å². The van der Waals surface area contributed by atoms with Crippen molar-refractivity contribution in [2.45, 2.75) is 63.9 Å². The van der Waals surface area contributed by atoms with Gasteiger partial charge in [-0.1, -0.05) is 24.3 Å². The van der Waals surface area contributed by atoms with E-state index in [9.17, 15) is 24.6 Å². The van der Waals surface area contributed by atoms with Crippen molar-refractivity contribution in [2.75, 3.05) is 0 Å². The van der Waals surface area contributed by atoms with Crippen molar-refractivity contribution < 1.29 is 34.1 Å². The molecule has 2 aliphatic rings. The fourth-order valence-corrected chi connectivity index (χ4v) is 4.51. The zero-order valence-corrected chi connectivity index (χ0v) is 19.1. The number of rotatable bonds is 1. The number of hydrogen-bond acceptors (Lipinski definition) is 7. The van der Waals surface area contributed by atoms with E-state index in [1.807, 2.05) is 6.08 Å². The number of Topliss-reactive ketones (excluding diaryl/α,β-unsaturated/α-hetero) is 1. The normalized spacial score (nSPS) is 22.6. The SMILES string of the molecule is C[C@@H]1CCCC(=O)CCC/C=C/c2cc3c(c(O)c2C(=O)O1)[C@@H](c1ccc(O)cc1)CC(=O)O3. The summed E-state index contributed by atoms with van der Waals surface area (Å²) in [5.74, 6) is -1.48. The number of aromatic hydroxyl groups is 2. The maximum absolute atomic E-state index is 13.2. The minimum absolute atomic E-state index is 0.0144. The Balaban J connectivity index is 1.81. The molecule has 2 N–H and O–H groups in total. The predicted octanol–water partition coefficient (Wildman–Crippen LogP) is 5.02. The van der Waals surface area contributed by atoms with Crippen LogP contribution in [0.2, 0.25) is 0 Å². The molecule has 0 bridgehead atoms. The van der Waals surface area contributed by atoms with Crippen molar-refractivity contribution in [1.29, 1.82) is 0 Å². The molecule has 0 spiro atoms. The summed E-state index contributed by atoms with van der Waals surface area (Å²) in [5, 5.41) is 21.0. The molecular formula is C27H28O7. The molecule has 7 nitrogen and oxygen atoms in total. The summed E-state index contributed by atoms with van der Waals surface area (Å²) in [4.78, 5) is 37.6. The van der Waals surface area contributed by atoms with Crippen LogP contribution in [0.3, 0.4) is 0 Å². The monoisotopic (exact) mass is 464 g/mol. The van der Waals surface area contributed by atoms with Crippen molar-refractivity contribution >= 4 is 23.8 Å². The van der Waals surface area contributed by atoms with E-state index < -0.39 is 24.0 Å². The number of phenolic OH excluding ortho intramolecular Hbond substituents is 2. The van der Waals surface area contributed by atoms with Gasteiger partial charge in [-0.15, -0.1) is 0 Å². The fourth-order valence-electron chi connectivity index (χ4n) is 4.51. The van der Waals surface area contributed by atoms with E-state index in [1.54, 1.807) is 31.2 Å². The minimum atomic E-state index is -0.669. The van der Waals surface area contributed by atoms with Crippen LogP contribution in [0.5, 0.6) is 17.2 Å². The molecule has 0 aliphatic carbocycles. The topological polar surface area (TPSA) is 110 Å². The Labute approximate surface area is 198 Å². The lowest BCUT2D eigenvalue weighted by molar-refractivity contribution is -0.135. The van der Waals surface area contributed by atoms with E-state index in [0.29, 0.717) is 55.2 Å². The lowest BCUT2D eigenvalue weighted by Crippen LogP contribution is -2.23. The third-order valence-corrected chi connectivity index (χ3v) is 6.27. The third-order valence-electron chi connectivity index (χ3n) is 6.27. The van der Waals surface area contributed by atoms with E-state index in [-0.39, 0.29) is 35.0 Å². The molecule has 0 aromatic heterocycles. The Morgan fingerprint density at radius 3 is 2.50 bits per heavy atom. The molecule has 2 atom stereocenters. The molecule has 7 heteroatoms. The second-order valence-electron chi connectivity index (χ2n) is 8.86. The highest BCUT2D eigenvalue weighted by molar-refractivity contribution is 5.98. The van der Waals surface area contributed by atoms with Gasteiger partial charge in [0.1, 0.15) is 28.6 Å². The highest BCUT2D eigenvalue weighted by atomic mass is 16.5. The molecular weight excluding hydrogens is 436 g/mol. The van der Waals surface area contributed by atoms with Gasteiger partial charge in [-0.3, -0.25) is 9.59 Å². The van der Waals surface area contributed by atoms with Crippen LogP contribution in [0.1, 0.15) is 84.8 Å². The fraction of sp³-hybridized carbons (Fsp3) is 0.370. The molecule has 0 fully saturated rings. The number of benzene rings is 2. The smallest absolute Gasteiger partial charge is 0.342 e. The minimum Gasteiger partial charge on any atom is -0.508 e. The molecule has 0 saturated heterocycles. The number of esters is 2. The summed E-state index contributed by atoms with van der Waals surface area (Å²) in [6, 6.07) is 7.95. The highest BCUT2D eigenvalue weighted by Crippen LogP contribution is 2.47. The first-order valence-corrected chi connectivity index (χ1v) is 11.6. The van der Waals surface area contributed by atoms with Crippen LogP contribution in [0, 0.1) is 0 Å². The number of phenols is 2. The molecule has 178 valence electrons. The first-order chi connectivity index (χ1) is 16.3. The van der Waals surface area contributed by atoms with Gasteiger partial charge in [0.05, 0.1) is 12.5 Å².